The van der Waals surface area contributed by atoms with E-state index in [4.69, 9.17) is 5.11 Å². The molecular weight excluding hydrogens is 208 g/mol. The van der Waals surface area contributed by atoms with Gasteiger partial charge in [0.2, 0.25) is 0 Å². The van der Waals surface area contributed by atoms with Gasteiger partial charge in [0.1, 0.15) is 31.4 Å². The van der Waals surface area contributed by atoms with Crippen LogP contribution in [-0.4, -0.2) is 66.1 Å². The van der Waals surface area contributed by atoms with Crippen LogP contribution < -0.4 is 0 Å². The molecule has 17 heavy (non-hydrogen) atoms. The lowest BCUT2D eigenvalue weighted by atomic mass is 9.31. The summed E-state index contributed by atoms with van der Waals surface area (Å²) in [5, 5.41) is 8.58. The van der Waals surface area contributed by atoms with Gasteiger partial charge >= 0.3 is 5.97 Å². The van der Waals surface area contributed by atoms with Crippen LogP contribution in [0.2, 0.25) is 5.21 Å². The Morgan fingerprint density at radius 3 is 1.94 bits per heavy atom. The summed E-state index contributed by atoms with van der Waals surface area (Å²) in [6.07, 6.45) is 1.22. The van der Waals surface area contributed by atoms with Crippen molar-refractivity contribution in [2.75, 3.05) is 0 Å². The molecule has 0 aromatic carbocycles. The Balaban J connectivity index is 5.18. The van der Waals surface area contributed by atoms with Crippen molar-refractivity contribution in [3.8, 4) is 0 Å². The second kappa shape index (κ2) is 5.17. The van der Waals surface area contributed by atoms with Gasteiger partial charge in [-0.3, -0.25) is 4.79 Å². The first-order valence-electron chi connectivity index (χ1n) is 6.34. The van der Waals surface area contributed by atoms with Gasteiger partial charge in [-0.15, -0.1) is 0 Å². The van der Waals surface area contributed by atoms with E-state index in [2.05, 4.69) is 49.3 Å². The highest BCUT2D eigenvalue weighted by Gasteiger charge is 2.44. The molecule has 0 saturated heterocycles. The van der Waals surface area contributed by atoms with Gasteiger partial charge in [0.15, 0.2) is 7.98 Å². The van der Waals surface area contributed by atoms with Gasteiger partial charge in [-0.2, -0.15) is 0 Å². The summed E-state index contributed by atoms with van der Waals surface area (Å²) in [6, 6.07) is 0. The maximum Gasteiger partial charge on any atom is 0.302 e. The molecule has 0 aromatic heterocycles. The normalized spacial score (nSPS) is 13.9. The summed E-state index contributed by atoms with van der Waals surface area (Å²) >= 11 is 0. The molecule has 0 aliphatic rings. The number of aliphatic carboxylic acids is 1. The van der Waals surface area contributed by atoms with Gasteiger partial charge < -0.3 is 9.92 Å². The minimum absolute atomic E-state index is 0.0687. The molecule has 8 heteroatoms. The zero-order valence-electron chi connectivity index (χ0n) is 12.7. The van der Waals surface area contributed by atoms with Crippen molar-refractivity contribution in [3.63, 3.8) is 0 Å². The third-order valence-electron chi connectivity index (χ3n) is 4.86. The molecular formula is C9H24B5NO2. The second-order valence-electron chi connectivity index (χ2n) is 6.74. The predicted molar refractivity (Wildman–Crippen MR) is 86.6 cm³/mol. The van der Waals surface area contributed by atoms with Crippen molar-refractivity contribution < 1.29 is 9.90 Å². The first-order valence-corrected chi connectivity index (χ1v) is 6.34. The van der Waals surface area contributed by atoms with Crippen LogP contribution in [-0.2, 0) is 4.79 Å². The first-order chi connectivity index (χ1) is 7.38. The molecule has 0 amide bonds. The molecule has 0 aromatic rings. The lowest BCUT2D eigenvalue weighted by molar-refractivity contribution is -0.137. The fourth-order valence-electron chi connectivity index (χ4n) is 2.04. The average Bonchev–Trinajstić information content (AvgIpc) is 2.14. The summed E-state index contributed by atoms with van der Waals surface area (Å²) in [5.41, 5.74) is 0.0687. The Bertz CT molecular complexity index is 293. The molecule has 0 fully saturated rings. The van der Waals surface area contributed by atoms with Crippen LogP contribution in [0.15, 0.2) is 0 Å². The second-order valence-corrected chi connectivity index (χ2v) is 6.74. The van der Waals surface area contributed by atoms with E-state index in [0.717, 1.165) is 6.42 Å². The monoisotopic (exact) mass is 233 g/mol. The summed E-state index contributed by atoms with van der Waals surface area (Å²) < 4.78 is 0. The molecule has 0 rings (SSSR count). The number of carboxylic acids is 1. The molecule has 1 N–H and O–H groups in total. The van der Waals surface area contributed by atoms with Crippen molar-refractivity contribution in [1.29, 1.82) is 0 Å². The molecule has 0 bridgehead atoms. The predicted octanol–water partition coefficient (Wildman–Crippen LogP) is -3.20. The SMILES string of the molecule is BN(C(C)(C)CC)C(B)(B)C(B)(B)CC(=O)O. The van der Waals surface area contributed by atoms with E-state index >= 15 is 0 Å². The van der Waals surface area contributed by atoms with Gasteiger partial charge in [-0.1, -0.05) is 17.5 Å². The molecule has 0 unspecified atom stereocenters. The number of carboxylic acid groups (broad SMARTS) is 1. The van der Waals surface area contributed by atoms with Crippen LogP contribution in [0.4, 0.5) is 0 Å². The smallest absolute Gasteiger partial charge is 0.302 e. The maximum atomic E-state index is 11.0. The Morgan fingerprint density at radius 1 is 1.24 bits per heavy atom. The molecule has 3 nitrogen and oxygen atoms in total. The van der Waals surface area contributed by atoms with Crippen LogP contribution in [0.1, 0.15) is 33.6 Å². The van der Waals surface area contributed by atoms with Crippen molar-refractivity contribution in [2.24, 2.45) is 0 Å². The van der Waals surface area contributed by atoms with Crippen LogP contribution in [0.3, 0.4) is 0 Å². The summed E-state index contributed by atoms with van der Waals surface area (Å²) in [7, 11) is 10.4. The Hall–Kier alpha value is -0.245. The minimum atomic E-state index is -0.731. The van der Waals surface area contributed by atoms with E-state index in [1.807, 2.05) is 15.7 Å². The van der Waals surface area contributed by atoms with E-state index in [1.54, 1.807) is 0 Å². The van der Waals surface area contributed by atoms with E-state index < -0.39 is 5.97 Å². The number of hydrogen-bond donors (Lipinski definition) is 1. The van der Waals surface area contributed by atoms with Crippen LogP contribution in [0.5, 0.6) is 0 Å². The third-order valence-corrected chi connectivity index (χ3v) is 4.86. The first kappa shape index (κ1) is 16.8. The number of carbonyl (C=O) groups is 1. The highest BCUT2D eigenvalue weighted by atomic mass is 16.4. The molecule has 0 saturated carbocycles. The summed E-state index contributed by atoms with van der Waals surface area (Å²) in [4.78, 5) is 13.3. The number of rotatable bonds is 6. The van der Waals surface area contributed by atoms with Crippen molar-refractivity contribution >= 4 is 45.3 Å². The average molecular weight is 232 g/mol. The Morgan fingerprint density at radius 2 is 1.65 bits per heavy atom. The number of nitrogens with zero attached hydrogens (tertiary/aromatic N) is 1. The van der Waals surface area contributed by atoms with E-state index in [9.17, 15) is 4.79 Å². The zero-order chi connectivity index (χ0) is 14.1. The summed E-state index contributed by atoms with van der Waals surface area (Å²) in [6.45, 7) is 6.56. The van der Waals surface area contributed by atoms with E-state index in [0.29, 0.717) is 0 Å². The minimum Gasteiger partial charge on any atom is -0.481 e. The van der Waals surface area contributed by atoms with Crippen molar-refractivity contribution in [3.05, 3.63) is 0 Å². The highest BCUT2D eigenvalue weighted by molar-refractivity contribution is 6.55. The maximum absolute atomic E-state index is 11.0. The van der Waals surface area contributed by atoms with Gasteiger partial charge in [0.25, 0.3) is 0 Å². The quantitative estimate of drug-likeness (QED) is 0.491. The van der Waals surface area contributed by atoms with E-state index in [-0.39, 0.29) is 22.5 Å². The molecule has 92 valence electrons. The Kier molecular flexibility index (Phi) is 5.10. The van der Waals surface area contributed by atoms with Gasteiger partial charge in [0.05, 0.1) is 0 Å². The fourth-order valence-corrected chi connectivity index (χ4v) is 2.04. The summed E-state index contributed by atoms with van der Waals surface area (Å²) in [5.74, 6) is -0.731. The topological polar surface area (TPSA) is 40.5 Å². The standard InChI is InChI=1S/C9H24B5NO2/c1-4-7(2,3)15(14)9(12,13)8(10,11)5-6(16)17/h4-5,10-14H2,1-3H3,(H,16,17). The molecule has 0 radical (unpaired) electrons. The largest absolute Gasteiger partial charge is 0.481 e. The molecule has 0 atom stereocenters. The van der Waals surface area contributed by atoms with Crippen LogP contribution in [0, 0.1) is 0 Å². The molecule has 0 heterocycles. The molecule has 0 aliphatic carbocycles. The molecule has 0 spiro atoms. The molecule has 0 aliphatic heterocycles. The van der Waals surface area contributed by atoms with Crippen molar-refractivity contribution in [2.45, 2.75) is 49.7 Å². The third kappa shape index (κ3) is 3.60. The highest BCUT2D eigenvalue weighted by Crippen LogP contribution is 2.38. The van der Waals surface area contributed by atoms with Gasteiger partial charge in [-0.25, -0.2) is 0 Å². The number of hydrogen-bond acceptors (Lipinski definition) is 2. The Labute approximate surface area is 110 Å². The van der Waals surface area contributed by atoms with Gasteiger partial charge in [0, 0.05) is 12.0 Å². The lowest BCUT2D eigenvalue weighted by Gasteiger charge is -2.55. The van der Waals surface area contributed by atoms with Crippen LogP contribution >= 0.6 is 0 Å². The lowest BCUT2D eigenvalue weighted by Crippen LogP contribution is -2.64. The fraction of sp³-hybridized carbons (Fsp3) is 0.889. The zero-order valence-corrected chi connectivity index (χ0v) is 12.7. The van der Waals surface area contributed by atoms with Crippen molar-refractivity contribution in [1.82, 2.24) is 4.81 Å². The van der Waals surface area contributed by atoms with Crippen LogP contribution in [0.25, 0.3) is 0 Å². The van der Waals surface area contributed by atoms with Gasteiger partial charge in [-0.05, 0) is 20.3 Å². The van der Waals surface area contributed by atoms with E-state index in [1.165, 1.54) is 0 Å².